The van der Waals surface area contributed by atoms with Crippen molar-refractivity contribution >= 4 is 49.3 Å². The standard InChI is InChI=1S/C63H42N4O/c1-5-17-41(18-6-1)43-29-31-46(32-30-43)61-64-62(48-34-36-59-55(38-48)51-26-14-16-28-58(51)68-59)66-63(65-61)49-39-52(44-21-9-3-10-22-44)60(53(40-49)45-23-11-4-12-24-45)67-56-27-15-13-25-50(56)54-37-47(33-35-57(54)67)42-19-7-2-8-20-42/h1-31,33-40,46H,32H2. The smallest absolute Gasteiger partial charge is 0.163 e. The molecule has 0 aliphatic heterocycles. The van der Waals surface area contributed by atoms with Crippen molar-refractivity contribution in [2.45, 2.75) is 12.3 Å². The number of aromatic nitrogens is 4. The number of nitrogens with zero attached hydrogens (tertiary/aromatic N) is 4. The summed E-state index contributed by atoms with van der Waals surface area (Å²) in [7, 11) is 0. The van der Waals surface area contributed by atoms with Crippen LogP contribution in [0.3, 0.4) is 0 Å². The van der Waals surface area contributed by atoms with E-state index in [9.17, 15) is 0 Å². The molecule has 5 heteroatoms. The molecule has 0 fully saturated rings. The second kappa shape index (κ2) is 16.5. The summed E-state index contributed by atoms with van der Waals surface area (Å²) in [5.41, 5.74) is 15.9. The molecule has 0 radical (unpaired) electrons. The normalized spacial score (nSPS) is 13.7. The molecule has 0 spiro atoms. The Morgan fingerprint density at radius 1 is 0.397 bits per heavy atom. The summed E-state index contributed by atoms with van der Waals surface area (Å²) in [6, 6.07) is 77.3. The lowest BCUT2D eigenvalue weighted by Crippen LogP contribution is -2.09. The monoisotopic (exact) mass is 870 g/mol. The highest BCUT2D eigenvalue weighted by molar-refractivity contribution is 6.12. The van der Waals surface area contributed by atoms with Gasteiger partial charge in [-0.3, -0.25) is 0 Å². The highest BCUT2D eigenvalue weighted by Crippen LogP contribution is 2.45. The van der Waals surface area contributed by atoms with Gasteiger partial charge in [0, 0.05) is 49.7 Å². The van der Waals surface area contributed by atoms with Crippen LogP contribution in [0.25, 0.3) is 111 Å². The minimum atomic E-state index is -0.0544. The molecule has 3 heterocycles. The van der Waals surface area contributed by atoms with Crippen molar-refractivity contribution in [3.63, 3.8) is 0 Å². The molecule has 0 N–H and O–H groups in total. The topological polar surface area (TPSA) is 56.7 Å². The molecule has 320 valence electrons. The van der Waals surface area contributed by atoms with E-state index in [1.54, 1.807) is 0 Å². The van der Waals surface area contributed by atoms with Gasteiger partial charge in [0.25, 0.3) is 0 Å². The zero-order valence-electron chi connectivity index (χ0n) is 37.0. The number of hydrogen-bond acceptors (Lipinski definition) is 4. The molecule has 5 nitrogen and oxygen atoms in total. The van der Waals surface area contributed by atoms with E-state index in [1.807, 2.05) is 18.2 Å². The average molecular weight is 871 g/mol. The van der Waals surface area contributed by atoms with Gasteiger partial charge < -0.3 is 8.98 Å². The minimum Gasteiger partial charge on any atom is -0.456 e. The predicted octanol–water partition coefficient (Wildman–Crippen LogP) is 16.3. The Morgan fingerprint density at radius 3 is 1.62 bits per heavy atom. The fraction of sp³-hybridized carbons (Fsp3) is 0.0317. The van der Waals surface area contributed by atoms with Crippen LogP contribution in [0.5, 0.6) is 0 Å². The van der Waals surface area contributed by atoms with Crippen molar-refractivity contribution in [3.8, 4) is 61.8 Å². The van der Waals surface area contributed by atoms with Gasteiger partial charge in [-0.15, -0.1) is 0 Å². The average Bonchev–Trinajstić information content (AvgIpc) is 3.96. The zero-order chi connectivity index (χ0) is 45.0. The van der Waals surface area contributed by atoms with Crippen LogP contribution >= 0.6 is 0 Å². The molecular formula is C63H42N4O. The maximum Gasteiger partial charge on any atom is 0.163 e. The Labute approximate surface area is 393 Å². The molecule has 0 saturated carbocycles. The third kappa shape index (κ3) is 6.92. The molecule has 1 unspecified atom stereocenters. The molecule has 9 aromatic carbocycles. The number of fused-ring (bicyclic) bond motifs is 6. The van der Waals surface area contributed by atoms with Crippen molar-refractivity contribution in [1.82, 2.24) is 19.5 Å². The Bertz CT molecular complexity index is 3860. The Morgan fingerprint density at radius 2 is 0.941 bits per heavy atom. The van der Waals surface area contributed by atoms with Crippen molar-refractivity contribution in [1.29, 1.82) is 0 Å². The van der Waals surface area contributed by atoms with Gasteiger partial charge in [0.05, 0.1) is 16.7 Å². The van der Waals surface area contributed by atoms with Crippen LogP contribution in [0.2, 0.25) is 0 Å². The fourth-order valence-corrected chi connectivity index (χ4v) is 10.0. The molecule has 1 atom stereocenters. The van der Waals surface area contributed by atoms with Crippen LogP contribution in [-0.2, 0) is 0 Å². The van der Waals surface area contributed by atoms with E-state index in [-0.39, 0.29) is 5.92 Å². The Kier molecular flexibility index (Phi) is 9.57. The molecule has 0 amide bonds. The van der Waals surface area contributed by atoms with Gasteiger partial charge in [0.1, 0.15) is 17.0 Å². The lowest BCUT2D eigenvalue weighted by molar-refractivity contribution is 0.669. The van der Waals surface area contributed by atoms with E-state index >= 15 is 0 Å². The van der Waals surface area contributed by atoms with Gasteiger partial charge in [-0.25, -0.2) is 15.0 Å². The van der Waals surface area contributed by atoms with Crippen molar-refractivity contribution in [2.24, 2.45) is 0 Å². The lowest BCUT2D eigenvalue weighted by Gasteiger charge is -2.21. The van der Waals surface area contributed by atoms with Gasteiger partial charge >= 0.3 is 0 Å². The summed E-state index contributed by atoms with van der Waals surface area (Å²) in [5.74, 6) is 1.90. The molecular weight excluding hydrogens is 829 g/mol. The number of rotatable bonds is 8. The van der Waals surface area contributed by atoms with Gasteiger partial charge in [0.2, 0.25) is 0 Å². The van der Waals surface area contributed by atoms with Crippen LogP contribution < -0.4 is 0 Å². The second-order valence-corrected chi connectivity index (χ2v) is 17.5. The van der Waals surface area contributed by atoms with Gasteiger partial charge in [-0.1, -0.05) is 182 Å². The molecule has 12 aromatic rings. The number of para-hydroxylation sites is 2. The summed E-state index contributed by atoms with van der Waals surface area (Å²) < 4.78 is 8.73. The van der Waals surface area contributed by atoms with Gasteiger partial charge in [-0.2, -0.15) is 0 Å². The van der Waals surface area contributed by atoms with E-state index in [0.29, 0.717) is 11.6 Å². The Hall–Kier alpha value is -8.93. The highest BCUT2D eigenvalue weighted by Gasteiger charge is 2.25. The first-order valence-corrected chi connectivity index (χ1v) is 23.2. The van der Waals surface area contributed by atoms with E-state index in [1.165, 1.54) is 33.0 Å². The molecule has 13 rings (SSSR count). The highest BCUT2D eigenvalue weighted by atomic mass is 16.3. The third-order valence-electron chi connectivity index (χ3n) is 13.4. The summed E-state index contributed by atoms with van der Waals surface area (Å²) in [4.78, 5) is 16.1. The number of allylic oxidation sites excluding steroid dienone is 4. The maximum atomic E-state index is 6.26. The first-order chi connectivity index (χ1) is 33.7. The van der Waals surface area contributed by atoms with E-state index in [4.69, 9.17) is 19.4 Å². The molecule has 0 bridgehead atoms. The molecule has 1 aliphatic carbocycles. The van der Waals surface area contributed by atoms with Crippen LogP contribution in [-0.4, -0.2) is 19.5 Å². The Balaban J connectivity index is 1.06. The summed E-state index contributed by atoms with van der Waals surface area (Å²) in [6.45, 7) is 0. The van der Waals surface area contributed by atoms with E-state index in [0.717, 1.165) is 84.3 Å². The van der Waals surface area contributed by atoms with Crippen molar-refractivity contribution in [3.05, 3.63) is 248 Å². The maximum absolute atomic E-state index is 6.26. The molecule has 1 aliphatic rings. The third-order valence-corrected chi connectivity index (χ3v) is 13.4. The fourth-order valence-electron chi connectivity index (χ4n) is 10.0. The molecule has 0 saturated heterocycles. The quantitative estimate of drug-likeness (QED) is 0.153. The SMILES string of the molecule is C1=CC(c2nc(-c3cc(-c4ccccc4)c(-n4c5ccccc5c5cc(-c6ccccc6)ccc54)c(-c4ccccc4)c3)nc(-c3ccc4oc5ccccc5c4c3)n2)CC=C1c1ccccc1. The molecule has 3 aromatic heterocycles. The molecule has 68 heavy (non-hydrogen) atoms. The van der Waals surface area contributed by atoms with E-state index < -0.39 is 0 Å². The first kappa shape index (κ1) is 39.4. The van der Waals surface area contributed by atoms with Gasteiger partial charge in [0.15, 0.2) is 11.6 Å². The van der Waals surface area contributed by atoms with Crippen LogP contribution in [0.4, 0.5) is 0 Å². The summed E-state index contributed by atoms with van der Waals surface area (Å²) in [5, 5.41) is 4.48. The largest absolute Gasteiger partial charge is 0.456 e. The lowest BCUT2D eigenvalue weighted by atomic mass is 9.91. The van der Waals surface area contributed by atoms with Gasteiger partial charge in [-0.05, 0) is 94.4 Å². The zero-order valence-corrected chi connectivity index (χ0v) is 37.0. The summed E-state index contributed by atoms with van der Waals surface area (Å²) >= 11 is 0. The number of furan rings is 1. The van der Waals surface area contributed by atoms with Crippen molar-refractivity contribution < 1.29 is 4.42 Å². The first-order valence-electron chi connectivity index (χ1n) is 23.2. The van der Waals surface area contributed by atoms with E-state index in [2.05, 4.69) is 223 Å². The van der Waals surface area contributed by atoms with Crippen LogP contribution in [0.1, 0.15) is 23.7 Å². The number of hydrogen-bond donors (Lipinski definition) is 0. The van der Waals surface area contributed by atoms with Crippen LogP contribution in [0.15, 0.2) is 241 Å². The second-order valence-electron chi connectivity index (χ2n) is 17.5. The van der Waals surface area contributed by atoms with Crippen molar-refractivity contribution in [2.75, 3.05) is 0 Å². The van der Waals surface area contributed by atoms with Crippen LogP contribution in [0, 0.1) is 0 Å². The minimum absolute atomic E-state index is 0.0544. The number of benzene rings is 9. The summed E-state index contributed by atoms with van der Waals surface area (Å²) in [6.07, 6.45) is 7.52. The predicted molar refractivity (Wildman–Crippen MR) is 280 cm³/mol.